The quantitative estimate of drug-likeness (QED) is 0.278. The van der Waals surface area contributed by atoms with E-state index in [-0.39, 0.29) is 18.0 Å². The molecular weight excluding hydrogens is 466 g/mol. The maximum atomic E-state index is 12.3. The molecule has 3 fully saturated rings. The zero-order valence-electron chi connectivity index (χ0n) is 20.4. The first-order chi connectivity index (χ1) is 18.1. The van der Waals surface area contributed by atoms with Crippen LogP contribution < -0.4 is 11.2 Å². The summed E-state index contributed by atoms with van der Waals surface area (Å²) in [6.45, 7) is 0. The highest BCUT2D eigenvalue weighted by Gasteiger charge is 2.45. The van der Waals surface area contributed by atoms with E-state index >= 15 is 0 Å². The summed E-state index contributed by atoms with van der Waals surface area (Å²) in [5.41, 5.74) is 15.4. The number of nitrogens with one attached hydrogen (secondary N) is 1. The van der Waals surface area contributed by atoms with Crippen molar-refractivity contribution in [1.29, 1.82) is 0 Å². The van der Waals surface area contributed by atoms with Crippen LogP contribution in [0.15, 0.2) is 54.9 Å². The van der Waals surface area contributed by atoms with E-state index in [4.69, 9.17) is 15.7 Å². The number of piperidine rings is 1. The van der Waals surface area contributed by atoms with Gasteiger partial charge in [0.05, 0.1) is 17.6 Å². The van der Waals surface area contributed by atoms with Gasteiger partial charge in [0.25, 0.3) is 0 Å². The van der Waals surface area contributed by atoms with E-state index in [0.29, 0.717) is 11.7 Å². The van der Waals surface area contributed by atoms with Gasteiger partial charge in [-0.15, -0.1) is 0 Å². The lowest BCUT2D eigenvalue weighted by Gasteiger charge is -2.38. The molecule has 2 aliphatic heterocycles. The van der Waals surface area contributed by atoms with E-state index in [1.165, 1.54) is 0 Å². The third kappa shape index (κ3) is 3.64. The number of nitrogen functional groups attached to an aromatic ring is 1. The molecule has 2 bridgehead atoms. The number of carbonyl (C=O) groups is 1. The number of rotatable bonds is 4. The van der Waals surface area contributed by atoms with E-state index in [2.05, 4.69) is 11.2 Å². The Balaban J connectivity index is 1.28. The Morgan fingerprint density at radius 2 is 1.70 bits per heavy atom. The summed E-state index contributed by atoms with van der Waals surface area (Å²) in [4.78, 5) is 24.0. The number of pyridine rings is 1. The Morgan fingerprint density at radius 1 is 0.946 bits per heavy atom. The van der Waals surface area contributed by atoms with Gasteiger partial charge in [-0.1, -0.05) is 36.4 Å². The lowest BCUT2D eigenvalue weighted by molar-refractivity contribution is 0.0931. The minimum Gasteiger partial charge on any atom is -0.383 e. The third-order valence-electron chi connectivity index (χ3n) is 8.33. The summed E-state index contributed by atoms with van der Waals surface area (Å²) in [6.07, 6.45) is 9.47. The second-order valence-corrected chi connectivity index (χ2v) is 10.5. The fourth-order valence-corrected chi connectivity index (χ4v) is 6.47. The van der Waals surface area contributed by atoms with Crippen molar-refractivity contribution < 1.29 is 10.0 Å². The van der Waals surface area contributed by atoms with Crippen LogP contribution in [0.4, 0.5) is 10.6 Å². The van der Waals surface area contributed by atoms with Crippen LogP contribution in [-0.4, -0.2) is 47.8 Å². The molecule has 1 saturated carbocycles. The van der Waals surface area contributed by atoms with E-state index < -0.39 is 6.03 Å². The van der Waals surface area contributed by atoms with Crippen molar-refractivity contribution in [2.75, 3.05) is 5.73 Å². The number of hydrogen-bond acceptors (Lipinski definition) is 6. The zero-order chi connectivity index (χ0) is 25.1. The van der Waals surface area contributed by atoms with E-state index in [1.54, 1.807) is 4.52 Å². The molecule has 2 amide bonds. The summed E-state index contributed by atoms with van der Waals surface area (Å²) in [6, 6.07) is 14.0. The molecule has 3 aliphatic rings. The first-order valence-electron chi connectivity index (χ1n) is 13.0. The maximum absolute atomic E-state index is 12.3. The van der Waals surface area contributed by atoms with Gasteiger partial charge in [0, 0.05) is 46.5 Å². The van der Waals surface area contributed by atoms with E-state index in [1.807, 2.05) is 59.2 Å². The minimum absolute atomic E-state index is 0.0984. The summed E-state index contributed by atoms with van der Waals surface area (Å²) in [5.74, 6) is 1.30. The molecule has 9 heteroatoms. The number of urea groups is 1. The number of fused-ring (bicyclic) bond motifs is 3. The SMILES string of the molecule is Nc1c(C2CC2)c(C2C[C@H]3CC[C@@H](C2)N3C(=O)NO)nc2c(-c3ccc(-c4ccccc4)nc3)cnn12. The average molecular weight is 496 g/mol. The highest BCUT2D eigenvalue weighted by atomic mass is 16.5. The standard InChI is InChI=1S/C28H29N7O2/c29-26-24(17-6-7-17)25(19-12-20-9-10-21(13-19)34(20)28(36)33-37)32-27-22(15-31-35(26)27)18-8-11-23(30-14-18)16-4-2-1-3-5-16/h1-5,8,11,14-15,17,19-21,37H,6-7,9-10,12-13,29H2,(H,33,36)/t19?,20-,21+. The number of amides is 2. The number of carbonyl (C=O) groups excluding carboxylic acids is 1. The van der Waals surface area contributed by atoms with Gasteiger partial charge < -0.3 is 10.6 Å². The Labute approximate surface area is 214 Å². The molecule has 9 nitrogen and oxygen atoms in total. The monoisotopic (exact) mass is 495 g/mol. The lowest BCUT2D eigenvalue weighted by Crippen LogP contribution is -2.49. The van der Waals surface area contributed by atoms with Gasteiger partial charge in [-0.25, -0.2) is 15.3 Å². The van der Waals surface area contributed by atoms with Crippen molar-refractivity contribution in [1.82, 2.24) is 30.0 Å². The predicted molar refractivity (Wildman–Crippen MR) is 139 cm³/mol. The maximum Gasteiger partial charge on any atom is 0.341 e. The van der Waals surface area contributed by atoms with Crippen molar-refractivity contribution in [3.63, 3.8) is 0 Å². The van der Waals surface area contributed by atoms with Crippen molar-refractivity contribution in [3.8, 4) is 22.4 Å². The van der Waals surface area contributed by atoms with Crippen LogP contribution in [0, 0.1) is 0 Å². The van der Waals surface area contributed by atoms with Gasteiger partial charge in [-0.2, -0.15) is 9.61 Å². The second-order valence-electron chi connectivity index (χ2n) is 10.5. The first kappa shape index (κ1) is 22.2. The topological polar surface area (TPSA) is 122 Å². The second kappa shape index (κ2) is 8.55. The van der Waals surface area contributed by atoms with Gasteiger partial charge in [0.15, 0.2) is 5.65 Å². The Kier molecular flexibility index (Phi) is 5.14. The molecular formula is C28H29N7O2. The molecule has 1 unspecified atom stereocenters. The zero-order valence-corrected chi connectivity index (χ0v) is 20.4. The average Bonchev–Trinajstić information content (AvgIpc) is 3.62. The van der Waals surface area contributed by atoms with Gasteiger partial charge in [0.2, 0.25) is 0 Å². The van der Waals surface area contributed by atoms with Crippen LogP contribution in [0.5, 0.6) is 0 Å². The van der Waals surface area contributed by atoms with Crippen LogP contribution in [0.3, 0.4) is 0 Å². The Hall–Kier alpha value is -3.98. The number of anilines is 1. The molecule has 188 valence electrons. The Bertz CT molecular complexity index is 1470. The molecule has 3 aromatic heterocycles. The molecule has 37 heavy (non-hydrogen) atoms. The van der Waals surface area contributed by atoms with Gasteiger partial charge in [-0.3, -0.25) is 10.2 Å². The number of aromatic nitrogens is 4. The number of hydroxylamine groups is 1. The lowest BCUT2D eigenvalue weighted by atomic mass is 9.85. The molecule has 0 radical (unpaired) electrons. The highest BCUT2D eigenvalue weighted by Crippen LogP contribution is 2.50. The van der Waals surface area contributed by atoms with Crippen LogP contribution in [0.1, 0.15) is 61.6 Å². The van der Waals surface area contributed by atoms with E-state index in [9.17, 15) is 10.0 Å². The number of benzene rings is 1. The highest BCUT2D eigenvalue weighted by molar-refractivity contribution is 5.79. The number of hydrogen-bond donors (Lipinski definition) is 3. The van der Waals surface area contributed by atoms with Crippen molar-refractivity contribution in [3.05, 3.63) is 66.1 Å². The number of nitrogens with zero attached hydrogens (tertiary/aromatic N) is 5. The largest absolute Gasteiger partial charge is 0.383 e. The molecule has 0 spiro atoms. The van der Waals surface area contributed by atoms with Crippen LogP contribution in [0.2, 0.25) is 0 Å². The van der Waals surface area contributed by atoms with Crippen LogP contribution in [0.25, 0.3) is 28.0 Å². The molecule has 4 N–H and O–H groups in total. The summed E-state index contributed by atoms with van der Waals surface area (Å²) >= 11 is 0. The summed E-state index contributed by atoms with van der Waals surface area (Å²) < 4.78 is 1.78. The molecule has 1 aromatic carbocycles. The molecule has 5 heterocycles. The normalized spacial score (nSPS) is 22.9. The molecule has 7 rings (SSSR count). The van der Waals surface area contributed by atoms with Crippen LogP contribution in [-0.2, 0) is 0 Å². The predicted octanol–water partition coefficient (Wildman–Crippen LogP) is 4.73. The van der Waals surface area contributed by atoms with Gasteiger partial charge in [-0.05, 0) is 50.5 Å². The molecule has 2 saturated heterocycles. The fourth-order valence-electron chi connectivity index (χ4n) is 6.47. The summed E-state index contributed by atoms with van der Waals surface area (Å²) in [5, 5.41) is 13.9. The minimum atomic E-state index is -0.402. The van der Waals surface area contributed by atoms with Crippen molar-refractivity contribution in [2.45, 2.75) is 62.4 Å². The fraction of sp³-hybridized carbons (Fsp3) is 0.357. The summed E-state index contributed by atoms with van der Waals surface area (Å²) in [7, 11) is 0. The molecule has 3 atom stereocenters. The van der Waals surface area contributed by atoms with Gasteiger partial charge in [0.1, 0.15) is 5.82 Å². The Morgan fingerprint density at radius 3 is 2.35 bits per heavy atom. The first-order valence-corrected chi connectivity index (χ1v) is 13.0. The van der Waals surface area contributed by atoms with E-state index in [0.717, 1.165) is 77.8 Å². The molecule has 4 aromatic rings. The van der Waals surface area contributed by atoms with Crippen molar-refractivity contribution >= 4 is 17.5 Å². The smallest absolute Gasteiger partial charge is 0.341 e. The van der Waals surface area contributed by atoms with Gasteiger partial charge >= 0.3 is 6.03 Å². The third-order valence-corrected chi connectivity index (χ3v) is 8.33. The molecule has 1 aliphatic carbocycles. The number of nitrogens with two attached hydrogens (primary N) is 1. The van der Waals surface area contributed by atoms with Crippen LogP contribution >= 0.6 is 0 Å². The van der Waals surface area contributed by atoms with Crippen molar-refractivity contribution in [2.24, 2.45) is 0 Å².